The monoisotopic (exact) mass is 531 g/mol. The fraction of sp³-hybridized carbons (Fsp3) is 0.120. The van der Waals surface area contributed by atoms with Crippen molar-refractivity contribution in [3.8, 4) is 11.5 Å². The number of hydrogen-bond donors (Lipinski definition) is 0. The molecule has 1 aliphatic heterocycles. The van der Waals surface area contributed by atoms with Crippen LogP contribution in [-0.4, -0.2) is 27.4 Å². The van der Waals surface area contributed by atoms with Gasteiger partial charge in [-0.05, 0) is 78.9 Å². The summed E-state index contributed by atoms with van der Waals surface area (Å²) in [5, 5.41) is 11.7. The predicted octanol–water partition coefficient (Wildman–Crippen LogP) is 7.17. The Morgan fingerprint density at radius 2 is 1.76 bits per heavy atom. The summed E-state index contributed by atoms with van der Waals surface area (Å²) in [6.07, 6.45) is -3.10. The highest BCUT2D eigenvalue weighted by Gasteiger charge is 2.34. The smallest absolute Gasteiger partial charge is 0.416 e. The van der Waals surface area contributed by atoms with Gasteiger partial charge in [0.25, 0.3) is 5.91 Å². The summed E-state index contributed by atoms with van der Waals surface area (Å²) in [5.74, 6) is -0.837. The van der Waals surface area contributed by atoms with Crippen molar-refractivity contribution in [1.29, 1.82) is 0 Å². The number of nitro groups is 1. The van der Waals surface area contributed by atoms with Gasteiger partial charge in [-0.25, -0.2) is 9.38 Å². The highest BCUT2D eigenvalue weighted by Crippen LogP contribution is 2.38. The van der Waals surface area contributed by atoms with Crippen molar-refractivity contribution in [1.82, 2.24) is 4.90 Å². The quantitative estimate of drug-likeness (QED) is 0.146. The van der Waals surface area contributed by atoms with Crippen molar-refractivity contribution in [3.63, 3.8) is 0 Å². The van der Waals surface area contributed by atoms with E-state index in [-0.39, 0.29) is 17.4 Å². The summed E-state index contributed by atoms with van der Waals surface area (Å²) < 4.78 is 57.3. The molecule has 0 radical (unpaired) electrons. The number of carbonyl (C=O) groups is 1. The van der Waals surface area contributed by atoms with Gasteiger partial charge in [-0.15, -0.1) is 0 Å². The molecular formula is C25H17F4N3O4S. The van der Waals surface area contributed by atoms with Gasteiger partial charge < -0.3 is 4.74 Å². The topological polar surface area (TPSA) is 85.0 Å². The number of amides is 1. The van der Waals surface area contributed by atoms with E-state index in [1.165, 1.54) is 41.3 Å². The molecule has 1 saturated heterocycles. The first-order valence-electron chi connectivity index (χ1n) is 10.7. The predicted molar refractivity (Wildman–Crippen MR) is 131 cm³/mol. The van der Waals surface area contributed by atoms with Crippen molar-refractivity contribution in [2.45, 2.75) is 13.1 Å². The average molecular weight is 531 g/mol. The molecule has 0 bridgehead atoms. The second-order valence-electron chi connectivity index (χ2n) is 7.64. The Hall–Kier alpha value is -4.19. The maximum atomic E-state index is 13.2. The lowest BCUT2D eigenvalue weighted by atomic mass is 10.1. The van der Waals surface area contributed by atoms with Gasteiger partial charge in [0.15, 0.2) is 5.17 Å². The van der Waals surface area contributed by atoms with Crippen molar-refractivity contribution in [2.24, 2.45) is 4.99 Å². The minimum Gasteiger partial charge on any atom is -0.450 e. The van der Waals surface area contributed by atoms with E-state index in [2.05, 4.69) is 4.99 Å². The van der Waals surface area contributed by atoms with Crippen LogP contribution < -0.4 is 4.74 Å². The van der Waals surface area contributed by atoms with E-state index in [4.69, 9.17) is 4.74 Å². The van der Waals surface area contributed by atoms with Gasteiger partial charge in [0.1, 0.15) is 11.6 Å². The summed E-state index contributed by atoms with van der Waals surface area (Å²) in [5.41, 5.74) is -0.864. The van der Waals surface area contributed by atoms with Crippen LogP contribution in [0, 0.1) is 15.9 Å². The van der Waals surface area contributed by atoms with E-state index in [1.54, 1.807) is 25.1 Å². The molecule has 37 heavy (non-hydrogen) atoms. The van der Waals surface area contributed by atoms with E-state index in [1.807, 2.05) is 0 Å². The molecule has 1 amide bonds. The molecule has 1 heterocycles. The standard InChI is InChI=1S/C25H17F4N3O4S/c1-2-31-23(33)22(37-24(31)30-18-8-6-17(26)7-9-18)13-15-3-10-19(11-4-15)36-21-12-5-16(25(27,28)29)14-20(21)32(34)35/h3-14H,2H2,1H3/b22-13+,30-24?. The van der Waals surface area contributed by atoms with Crippen molar-refractivity contribution in [2.75, 3.05) is 6.54 Å². The SMILES string of the molecule is CCN1C(=O)/C(=C\c2ccc(Oc3ccc(C(F)(F)F)cc3[N+](=O)[O-])cc2)SC1=Nc1ccc(F)cc1. The molecule has 1 fully saturated rings. The summed E-state index contributed by atoms with van der Waals surface area (Å²) in [6.45, 7) is 2.18. The van der Waals surface area contributed by atoms with Crippen LogP contribution in [0.4, 0.5) is 28.9 Å². The number of benzene rings is 3. The number of halogens is 4. The molecule has 3 aromatic carbocycles. The zero-order valence-corrected chi connectivity index (χ0v) is 19.8. The molecule has 3 aromatic rings. The van der Waals surface area contributed by atoms with E-state index < -0.39 is 28.2 Å². The number of alkyl halides is 3. The molecule has 0 aliphatic carbocycles. The maximum absolute atomic E-state index is 13.2. The lowest BCUT2D eigenvalue weighted by molar-refractivity contribution is -0.385. The molecule has 1 aliphatic rings. The number of amidine groups is 1. The lowest BCUT2D eigenvalue weighted by Crippen LogP contribution is -2.28. The van der Waals surface area contributed by atoms with E-state index in [0.717, 1.165) is 17.8 Å². The molecule has 0 unspecified atom stereocenters. The fourth-order valence-corrected chi connectivity index (χ4v) is 4.39. The Labute approximate surface area is 212 Å². The van der Waals surface area contributed by atoms with Crippen LogP contribution >= 0.6 is 11.8 Å². The Kier molecular flexibility index (Phi) is 7.30. The molecule has 4 rings (SSSR count). The van der Waals surface area contributed by atoms with Crippen LogP contribution in [0.3, 0.4) is 0 Å². The van der Waals surface area contributed by atoms with Crippen molar-refractivity contribution < 1.29 is 32.0 Å². The van der Waals surface area contributed by atoms with Gasteiger partial charge in [0.05, 0.1) is 21.1 Å². The maximum Gasteiger partial charge on any atom is 0.416 e. The Bertz CT molecular complexity index is 1400. The Morgan fingerprint density at radius 3 is 2.35 bits per heavy atom. The molecule has 190 valence electrons. The summed E-state index contributed by atoms with van der Waals surface area (Å²) in [6, 6.07) is 13.7. The number of carbonyl (C=O) groups excluding carboxylic acids is 1. The molecule has 0 saturated carbocycles. The summed E-state index contributed by atoms with van der Waals surface area (Å²) in [7, 11) is 0. The van der Waals surface area contributed by atoms with Crippen LogP contribution in [0.2, 0.25) is 0 Å². The zero-order chi connectivity index (χ0) is 26.7. The van der Waals surface area contributed by atoms with E-state index in [9.17, 15) is 32.5 Å². The third kappa shape index (κ3) is 5.97. The molecule has 7 nitrogen and oxygen atoms in total. The first-order valence-corrected chi connectivity index (χ1v) is 11.6. The summed E-state index contributed by atoms with van der Waals surface area (Å²) >= 11 is 1.16. The van der Waals surface area contributed by atoms with Crippen LogP contribution in [-0.2, 0) is 11.0 Å². The highest BCUT2D eigenvalue weighted by molar-refractivity contribution is 8.18. The van der Waals surface area contributed by atoms with Crippen LogP contribution in [0.25, 0.3) is 6.08 Å². The van der Waals surface area contributed by atoms with Gasteiger partial charge in [0, 0.05) is 12.6 Å². The van der Waals surface area contributed by atoms with Crippen LogP contribution in [0.15, 0.2) is 76.6 Å². The number of thioether (sulfide) groups is 1. The first-order chi connectivity index (χ1) is 17.5. The number of hydrogen-bond acceptors (Lipinski definition) is 6. The molecular weight excluding hydrogens is 514 g/mol. The van der Waals surface area contributed by atoms with Gasteiger partial charge >= 0.3 is 11.9 Å². The molecule has 0 atom stereocenters. The molecule has 0 spiro atoms. The van der Waals surface area contributed by atoms with Gasteiger partial charge in [-0.2, -0.15) is 13.2 Å². The van der Waals surface area contributed by atoms with Gasteiger partial charge in [-0.3, -0.25) is 19.8 Å². The van der Waals surface area contributed by atoms with E-state index in [0.29, 0.717) is 40.0 Å². The number of nitro benzene ring substituents is 1. The average Bonchev–Trinajstić information content (AvgIpc) is 3.14. The number of nitrogens with zero attached hydrogens (tertiary/aromatic N) is 3. The Morgan fingerprint density at radius 1 is 1.08 bits per heavy atom. The lowest BCUT2D eigenvalue weighted by Gasteiger charge is -2.11. The largest absolute Gasteiger partial charge is 0.450 e. The molecule has 0 N–H and O–H groups in total. The van der Waals surface area contributed by atoms with Crippen LogP contribution in [0.1, 0.15) is 18.1 Å². The molecule has 12 heteroatoms. The minimum atomic E-state index is -4.73. The zero-order valence-electron chi connectivity index (χ0n) is 19.0. The highest BCUT2D eigenvalue weighted by atomic mass is 32.2. The van der Waals surface area contributed by atoms with Gasteiger partial charge in [-0.1, -0.05) is 12.1 Å². The second-order valence-corrected chi connectivity index (χ2v) is 8.65. The first kappa shape index (κ1) is 25.9. The Balaban J connectivity index is 1.54. The van der Waals surface area contributed by atoms with E-state index >= 15 is 0 Å². The minimum absolute atomic E-state index is 0.157. The number of likely N-dealkylation sites (N-methyl/N-ethyl adjacent to an activating group) is 1. The fourth-order valence-electron chi connectivity index (χ4n) is 3.33. The van der Waals surface area contributed by atoms with Crippen molar-refractivity contribution in [3.05, 3.63) is 98.7 Å². The van der Waals surface area contributed by atoms with Crippen LogP contribution in [0.5, 0.6) is 11.5 Å². The van der Waals surface area contributed by atoms with Gasteiger partial charge in [0.2, 0.25) is 5.75 Å². The number of ether oxygens (including phenoxy) is 1. The van der Waals surface area contributed by atoms with Crippen molar-refractivity contribution >= 4 is 40.3 Å². The number of rotatable bonds is 6. The third-order valence-corrected chi connectivity index (χ3v) is 6.15. The third-order valence-electron chi connectivity index (χ3n) is 5.14. The second kappa shape index (κ2) is 10.4. The number of aliphatic imine (C=N–C) groups is 1. The normalized spacial score (nSPS) is 16.0. The molecule has 0 aromatic heterocycles. The summed E-state index contributed by atoms with van der Waals surface area (Å²) in [4.78, 5) is 29.5.